The number of carboxylic acids is 1. The molecule has 0 radical (unpaired) electrons. The zero-order valence-electron chi connectivity index (χ0n) is 14.2. The molecule has 0 amide bonds. The third-order valence-electron chi connectivity index (χ3n) is 4.26. The molecular weight excluding hydrogens is 463 g/mol. The van der Waals surface area contributed by atoms with E-state index in [9.17, 15) is 24.6 Å². The highest BCUT2D eigenvalue weighted by atomic mass is 127. The predicted octanol–water partition coefficient (Wildman–Crippen LogP) is -0.387. The molecule has 4 N–H and O–H groups in total. The summed E-state index contributed by atoms with van der Waals surface area (Å²) in [6, 6.07) is 0. The van der Waals surface area contributed by atoms with Gasteiger partial charge in [-0.15, -0.1) is 0 Å². The van der Waals surface area contributed by atoms with Crippen molar-refractivity contribution in [1.29, 1.82) is 0 Å². The Morgan fingerprint density at radius 1 is 1.42 bits per heavy atom. The number of nitrogens with one attached hydrogen (secondary N) is 1. The molecule has 0 spiro atoms. The second-order valence-electron chi connectivity index (χ2n) is 6.36. The summed E-state index contributed by atoms with van der Waals surface area (Å²) >= 11 is 2.24. The Kier molecular flexibility index (Phi) is 6.47. The number of carbonyl (C=O) groups is 1. The Balaban J connectivity index is 2.30. The molecule has 2 rings (SSSR count). The van der Waals surface area contributed by atoms with Crippen LogP contribution in [0.15, 0.2) is 15.8 Å². The van der Waals surface area contributed by atoms with Crippen LogP contribution in [0.25, 0.3) is 0 Å². The van der Waals surface area contributed by atoms with Crippen LogP contribution in [0.5, 0.6) is 5.75 Å². The molecule has 10 nitrogen and oxygen atoms in total. The SMILES string of the molecule is CCC(C)(I)C[C@H]1O[C@@H](n2cc(OCC(=O)O)c(=O)[nH]c2=O)[C@H](O)[C@@H]1O. The number of ether oxygens (including phenoxy) is 2. The smallest absolute Gasteiger partial charge is 0.341 e. The van der Waals surface area contributed by atoms with Crippen molar-refractivity contribution < 1.29 is 29.6 Å². The first-order valence-electron chi connectivity index (χ1n) is 7.96. The Bertz CT molecular complexity index is 774. The van der Waals surface area contributed by atoms with Crippen molar-refractivity contribution in [1.82, 2.24) is 9.55 Å². The van der Waals surface area contributed by atoms with Gasteiger partial charge in [0.2, 0.25) is 5.75 Å². The molecule has 1 aliphatic rings. The van der Waals surface area contributed by atoms with Crippen LogP contribution in [0.2, 0.25) is 0 Å². The third-order valence-corrected chi connectivity index (χ3v) is 5.46. The van der Waals surface area contributed by atoms with E-state index in [1.54, 1.807) is 0 Å². The fraction of sp³-hybridized carbons (Fsp3) is 0.667. The number of aliphatic hydroxyl groups is 2. The lowest BCUT2D eigenvalue weighted by molar-refractivity contribution is -0.139. The summed E-state index contributed by atoms with van der Waals surface area (Å²) in [6.07, 6.45) is -2.35. The number of alkyl halides is 1. The van der Waals surface area contributed by atoms with Gasteiger partial charge >= 0.3 is 11.7 Å². The molecule has 1 unspecified atom stereocenters. The van der Waals surface area contributed by atoms with Gasteiger partial charge in [0.1, 0.15) is 12.2 Å². The molecule has 1 aromatic heterocycles. The van der Waals surface area contributed by atoms with Crippen LogP contribution in [-0.4, -0.2) is 59.2 Å². The first kappa shape index (κ1) is 20.9. The number of hydrogen-bond donors (Lipinski definition) is 4. The molecule has 1 fully saturated rings. The van der Waals surface area contributed by atoms with Crippen LogP contribution in [-0.2, 0) is 9.53 Å². The molecule has 11 heteroatoms. The minimum absolute atomic E-state index is 0.177. The summed E-state index contributed by atoms with van der Waals surface area (Å²) in [4.78, 5) is 36.4. The average molecular weight is 484 g/mol. The van der Waals surface area contributed by atoms with Crippen LogP contribution >= 0.6 is 22.6 Å². The van der Waals surface area contributed by atoms with Gasteiger partial charge in [0.15, 0.2) is 12.8 Å². The van der Waals surface area contributed by atoms with Gasteiger partial charge in [0.25, 0.3) is 5.56 Å². The fourth-order valence-electron chi connectivity index (χ4n) is 2.59. The standard InChI is InChI=1S/C15H21IN2O8/c1-3-15(2,16)4-7-10(21)11(22)13(26-7)18-5-8(25-6-9(19)20)12(23)17-14(18)24/h5,7,10-11,13,21-22H,3-4,6H2,1-2H3,(H,19,20)(H,17,23,24)/t7-,10-,11-,13-,15?/m1/s1. The van der Waals surface area contributed by atoms with Crippen LogP contribution in [0.3, 0.4) is 0 Å². The van der Waals surface area contributed by atoms with E-state index < -0.39 is 54.1 Å². The van der Waals surface area contributed by atoms with Crippen molar-refractivity contribution in [2.45, 2.75) is 54.7 Å². The lowest BCUT2D eigenvalue weighted by Crippen LogP contribution is -2.38. The number of carboxylic acid groups (broad SMARTS) is 1. The number of hydrogen-bond acceptors (Lipinski definition) is 7. The number of rotatable bonds is 7. The van der Waals surface area contributed by atoms with E-state index in [0.717, 1.165) is 17.2 Å². The van der Waals surface area contributed by atoms with Crippen LogP contribution in [0.1, 0.15) is 32.9 Å². The summed E-state index contributed by atoms with van der Waals surface area (Å²) in [5.41, 5.74) is -1.77. The second kappa shape index (κ2) is 8.06. The van der Waals surface area contributed by atoms with Gasteiger partial charge in [-0.1, -0.05) is 36.4 Å². The zero-order chi connectivity index (χ0) is 19.6. The zero-order valence-corrected chi connectivity index (χ0v) is 16.4. The average Bonchev–Trinajstić information content (AvgIpc) is 2.82. The molecule has 5 atom stereocenters. The first-order valence-corrected chi connectivity index (χ1v) is 9.04. The molecule has 1 saturated heterocycles. The second-order valence-corrected chi connectivity index (χ2v) is 8.96. The van der Waals surface area contributed by atoms with Crippen molar-refractivity contribution in [3.05, 3.63) is 27.0 Å². The number of aromatic amines is 1. The van der Waals surface area contributed by atoms with Gasteiger partial charge in [0, 0.05) is 3.42 Å². The molecule has 0 aromatic carbocycles. The number of aliphatic carboxylic acids is 1. The Morgan fingerprint density at radius 2 is 2.08 bits per heavy atom. The highest BCUT2D eigenvalue weighted by Gasteiger charge is 2.46. The number of halogens is 1. The van der Waals surface area contributed by atoms with Crippen LogP contribution in [0, 0.1) is 0 Å². The lowest BCUT2D eigenvalue weighted by atomic mass is 9.97. The molecule has 2 heterocycles. The summed E-state index contributed by atoms with van der Waals surface area (Å²) in [5, 5.41) is 29.2. The van der Waals surface area contributed by atoms with Crippen molar-refractivity contribution in [3.8, 4) is 5.75 Å². The number of aromatic nitrogens is 2. The molecule has 0 saturated carbocycles. The molecular formula is C15H21IN2O8. The van der Waals surface area contributed by atoms with Gasteiger partial charge in [-0.25, -0.2) is 9.59 Å². The van der Waals surface area contributed by atoms with E-state index in [4.69, 9.17) is 14.6 Å². The molecule has 1 aliphatic heterocycles. The number of aliphatic hydroxyl groups excluding tert-OH is 2. The minimum Gasteiger partial charge on any atom is -0.479 e. The van der Waals surface area contributed by atoms with Crippen LogP contribution in [0.4, 0.5) is 0 Å². The third kappa shape index (κ3) is 4.64. The largest absolute Gasteiger partial charge is 0.479 e. The minimum atomic E-state index is -1.40. The van der Waals surface area contributed by atoms with Gasteiger partial charge in [-0.3, -0.25) is 14.3 Å². The van der Waals surface area contributed by atoms with E-state index >= 15 is 0 Å². The Labute approximate surface area is 161 Å². The summed E-state index contributed by atoms with van der Waals surface area (Å²) < 4.78 is 11.2. The summed E-state index contributed by atoms with van der Waals surface area (Å²) in [7, 11) is 0. The van der Waals surface area contributed by atoms with Crippen molar-refractivity contribution >= 4 is 28.6 Å². The first-order chi connectivity index (χ1) is 12.1. The number of H-pyrrole nitrogens is 1. The summed E-state index contributed by atoms with van der Waals surface area (Å²) in [6.45, 7) is 3.19. The van der Waals surface area contributed by atoms with Crippen molar-refractivity contribution in [3.63, 3.8) is 0 Å². The van der Waals surface area contributed by atoms with Gasteiger partial charge < -0.3 is 24.8 Å². The van der Waals surface area contributed by atoms with Gasteiger partial charge in [-0.2, -0.15) is 0 Å². The molecule has 26 heavy (non-hydrogen) atoms. The van der Waals surface area contributed by atoms with Crippen LogP contribution < -0.4 is 16.0 Å². The fourth-order valence-corrected chi connectivity index (χ4v) is 3.02. The monoisotopic (exact) mass is 484 g/mol. The Morgan fingerprint density at radius 3 is 2.65 bits per heavy atom. The topological polar surface area (TPSA) is 151 Å². The normalized spacial score (nSPS) is 27.9. The van der Waals surface area contributed by atoms with Crippen molar-refractivity contribution in [2.75, 3.05) is 6.61 Å². The Hall–Kier alpha value is -1.44. The van der Waals surface area contributed by atoms with Crippen molar-refractivity contribution in [2.24, 2.45) is 0 Å². The number of nitrogens with zero attached hydrogens (tertiary/aromatic N) is 1. The molecule has 0 bridgehead atoms. The summed E-state index contributed by atoms with van der Waals surface area (Å²) in [5.74, 6) is -1.70. The maximum absolute atomic E-state index is 12.1. The maximum atomic E-state index is 12.1. The van der Waals surface area contributed by atoms with E-state index in [2.05, 4.69) is 22.6 Å². The van der Waals surface area contributed by atoms with Gasteiger partial charge in [-0.05, 0) is 12.8 Å². The maximum Gasteiger partial charge on any atom is 0.341 e. The van der Waals surface area contributed by atoms with E-state index in [-0.39, 0.29) is 3.42 Å². The van der Waals surface area contributed by atoms with E-state index in [1.165, 1.54) is 0 Å². The van der Waals surface area contributed by atoms with E-state index in [0.29, 0.717) is 6.42 Å². The highest BCUT2D eigenvalue weighted by Crippen LogP contribution is 2.37. The molecule has 146 valence electrons. The quantitative estimate of drug-likeness (QED) is 0.302. The van der Waals surface area contributed by atoms with Gasteiger partial charge in [0.05, 0.1) is 12.3 Å². The lowest BCUT2D eigenvalue weighted by Gasteiger charge is -2.25. The highest BCUT2D eigenvalue weighted by molar-refractivity contribution is 14.1. The van der Waals surface area contributed by atoms with E-state index in [1.807, 2.05) is 18.8 Å². The molecule has 0 aliphatic carbocycles. The predicted molar refractivity (Wildman–Crippen MR) is 97.7 cm³/mol. The molecule has 1 aromatic rings.